The van der Waals surface area contributed by atoms with Crippen LogP contribution in [0.2, 0.25) is 0 Å². The number of amides is 1. The Bertz CT molecular complexity index is 828. The molecule has 1 aromatic carbocycles. The third-order valence-electron chi connectivity index (χ3n) is 2.62. The van der Waals surface area contributed by atoms with Gasteiger partial charge < -0.3 is 0 Å². The Labute approximate surface area is 127 Å². The number of thiazole rings is 1. The van der Waals surface area contributed by atoms with E-state index in [0.29, 0.717) is 10.2 Å². The molecule has 0 aliphatic rings. The third-order valence-corrected chi connectivity index (χ3v) is 5.36. The van der Waals surface area contributed by atoms with E-state index < -0.39 is 22.1 Å². The molecule has 0 unspecified atom stereocenters. The van der Waals surface area contributed by atoms with Crippen LogP contribution in [0.25, 0.3) is 10.2 Å². The molecule has 0 fully saturated rings. The van der Waals surface area contributed by atoms with E-state index in [1.165, 1.54) is 32.3 Å². The molecule has 0 radical (unpaired) electrons. The number of aromatic nitrogens is 1. The second-order valence-corrected chi connectivity index (χ2v) is 7.57. The first-order valence-corrected chi connectivity index (χ1v) is 7.99. The second-order valence-electron chi connectivity index (χ2n) is 4.39. The van der Waals surface area contributed by atoms with Crippen LogP contribution in [0.1, 0.15) is 0 Å². The fourth-order valence-electron chi connectivity index (χ4n) is 1.50. The van der Waals surface area contributed by atoms with Crippen LogP contribution in [0.15, 0.2) is 23.1 Å². The number of nitrogens with one attached hydrogen (secondary N) is 1. The van der Waals surface area contributed by atoms with Crippen LogP contribution in [0.5, 0.6) is 0 Å². The maximum Gasteiger partial charge on any atom is 0.471 e. The largest absolute Gasteiger partial charge is 0.471 e. The van der Waals surface area contributed by atoms with E-state index in [4.69, 9.17) is 0 Å². The third kappa shape index (κ3) is 3.20. The molecule has 1 N–H and O–H groups in total. The number of hydrogen-bond donors (Lipinski definition) is 1. The van der Waals surface area contributed by atoms with Crippen molar-refractivity contribution in [2.75, 3.05) is 19.4 Å². The van der Waals surface area contributed by atoms with Crippen molar-refractivity contribution in [2.24, 2.45) is 0 Å². The number of carbonyl (C=O) groups excluding carboxylic acids is 1. The monoisotopic (exact) mass is 353 g/mol. The molecule has 6 nitrogen and oxygen atoms in total. The van der Waals surface area contributed by atoms with Gasteiger partial charge in [0.2, 0.25) is 10.0 Å². The first-order chi connectivity index (χ1) is 10.0. The molecule has 2 rings (SSSR count). The van der Waals surface area contributed by atoms with Gasteiger partial charge in [-0.25, -0.2) is 17.7 Å². The molecule has 120 valence electrons. The van der Waals surface area contributed by atoms with Crippen LogP contribution < -0.4 is 5.32 Å². The molecule has 0 saturated carbocycles. The lowest BCUT2D eigenvalue weighted by Crippen LogP contribution is -2.29. The van der Waals surface area contributed by atoms with Crippen molar-refractivity contribution in [3.05, 3.63) is 18.2 Å². The highest BCUT2D eigenvalue weighted by Gasteiger charge is 2.39. The average Bonchev–Trinajstić information content (AvgIpc) is 2.78. The first-order valence-electron chi connectivity index (χ1n) is 5.73. The maximum atomic E-state index is 12.2. The van der Waals surface area contributed by atoms with Crippen LogP contribution in [0.3, 0.4) is 0 Å². The second kappa shape index (κ2) is 5.48. The Morgan fingerprint density at radius 2 is 1.95 bits per heavy atom. The van der Waals surface area contributed by atoms with E-state index in [9.17, 15) is 26.4 Å². The van der Waals surface area contributed by atoms with Gasteiger partial charge in [0, 0.05) is 14.1 Å². The summed E-state index contributed by atoms with van der Waals surface area (Å²) in [6, 6.07) is 3.96. The number of fused-ring (bicyclic) bond motifs is 1. The minimum atomic E-state index is -5.02. The minimum Gasteiger partial charge on any atom is -0.294 e. The summed E-state index contributed by atoms with van der Waals surface area (Å²) in [5.74, 6) is -2.13. The average molecular weight is 353 g/mol. The lowest BCUT2D eigenvalue weighted by molar-refractivity contribution is -0.167. The zero-order valence-electron chi connectivity index (χ0n) is 11.3. The molecule has 0 spiro atoms. The van der Waals surface area contributed by atoms with Crippen molar-refractivity contribution >= 4 is 42.6 Å². The minimum absolute atomic E-state index is 0.0117. The molecule has 1 amide bonds. The van der Waals surface area contributed by atoms with Crippen LogP contribution >= 0.6 is 11.3 Å². The van der Waals surface area contributed by atoms with Crippen LogP contribution in [0, 0.1) is 0 Å². The number of rotatable bonds is 3. The van der Waals surface area contributed by atoms with Crippen molar-refractivity contribution in [1.29, 1.82) is 0 Å². The summed E-state index contributed by atoms with van der Waals surface area (Å²) in [5, 5.41) is 1.38. The van der Waals surface area contributed by atoms with Gasteiger partial charge in [0.1, 0.15) is 0 Å². The van der Waals surface area contributed by atoms with Crippen LogP contribution in [-0.4, -0.2) is 43.9 Å². The Kier molecular flexibility index (Phi) is 4.15. The Morgan fingerprint density at radius 1 is 1.32 bits per heavy atom. The van der Waals surface area contributed by atoms with Gasteiger partial charge in [0.15, 0.2) is 5.13 Å². The Hall–Kier alpha value is -1.72. The van der Waals surface area contributed by atoms with Crippen LogP contribution in [-0.2, 0) is 14.8 Å². The molecular weight excluding hydrogens is 343 g/mol. The Morgan fingerprint density at radius 3 is 2.50 bits per heavy atom. The molecule has 0 saturated heterocycles. The smallest absolute Gasteiger partial charge is 0.294 e. The molecule has 22 heavy (non-hydrogen) atoms. The topological polar surface area (TPSA) is 79.4 Å². The number of alkyl halides is 3. The quantitative estimate of drug-likeness (QED) is 0.916. The molecule has 0 aliphatic carbocycles. The number of anilines is 1. The molecule has 1 aromatic heterocycles. The highest BCUT2D eigenvalue weighted by Crippen LogP contribution is 2.29. The molecule has 0 aliphatic heterocycles. The number of sulfonamides is 1. The predicted molar refractivity (Wildman–Crippen MR) is 75.2 cm³/mol. The summed E-state index contributed by atoms with van der Waals surface area (Å²) in [4.78, 5) is 14.7. The standard InChI is InChI=1S/C11H10F3N3O3S2/c1-17(2)22(19,20)6-3-4-7-8(5-6)21-10(15-7)16-9(18)11(12,13)14/h3-5H,1-2H3,(H,15,16,18). The zero-order valence-corrected chi connectivity index (χ0v) is 12.9. The van der Waals surface area contributed by atoms with Crippen LogP contribution in [0.4, 0.5) is 18.3 Å². The normalized spacial score (nSPS) is 12.8. The van der Waals surface area contributed by atoms with Crippen molar-refractivity contribution in [3.8, 4) is 0 Å². The van der Waals surface area contributed by atoms with Gasteiger partial charge in [-0.15, -0.1) is 0 Å². The van der Waals surface area contributed by atoms with Gasteiger partial charge >= 0.3 is 12.1 Å². The van der Waals surface area contributed by atoms with Gasteiger partial charge in [0.05, 0.1) is 15.1 Å². The van der Waals surface area contributed by atoms with Gasteiger partial charge in [-0.1, -0.05) is 11.3 Å². The summed E-state index contributed by atoms with van der Waals surface area (Å²) in [5.41, 5.74) is 0.292. The van der Waals surface area contributed by atoms with E-state index in [1.807, 2.05) is 0 Å². The fourth-order valence-corrected chi connectivity index (χ4v) is 3.40. The Balaban J connectivity index is 2.39. The fraction of sp³-hybridized carbons (Fsp3) is 0.273. The SMILES string of the molecule is CN(C)S(=O)(=O)c1ccc2nc(NC(=O)C(F)(F)F)sc2c1. The van der Waals surface area contributed by atoms with Crippen molar-refractivity contribution < 1.29 is 26.4 Å². The number of hydrogen-bond acceptors (Lipinski definition) is 5. The number of benzene rings is 1. The number of halogens is 3. The molecule has 2 aromatic rings. The highest BCUT2D eigenvalue weighted by molar-refractivity contribution is 7.89. The summed E-state index contributed by atoms with van der Waals surface area (Å²) in [6.45, 7) is 0. The van der Waals surface area contributed by atoms with E-state index >= 15 is 0 Å². The summed E-state index contributed by atoms with van der Waals surface area (Å²) in [6.07, 6.45) is -5.02. The first kappa shape index (κ1) is 16.6. The van der Waals surface area contributed by atoms with Gasteiger partial charge in [-0.05, 0) is 18.2 Å². The summed E-state index contributed by atoms with van der Waals surface area (Å²) < 4.78 is 61.9. The van der Waals surface area contributed by atoms with E-state index in [2.05, 4.69) is 4.98 Å². The van der Waals surface area contributed by atoms with Crippen molar-refractivity contribution in [1.82, 2.24) is 9.29 Å². The lowest BCUT2D eigenvalue weighted by Gasteiger charge is -2.10. The number of carbonyl (C=O) groups is 1. The molecular formula is C11H10F3N3O3S2. The van der Waals surface area contributed by atoms with Gasteiger partial charge in [-0.3, -0.25) is 10.1 Å². The molecule has 0 atom stereocenters. The lowest BCUT2D eigenvalue weighted by atomic mass is 10.3. The zero-order chi connectivity index (χ0) is 16.7. The highest BCUT2D eigenvalue weighted by atomic mass is 32.2. The maximum absolute atomic E-state index is 12.2. The van der Waals surface area contributed by atoms with Crippen molar-refractivity contribution in [2.45, 2.75) is 11.1 Å². The van der Waals surface area contributed by atoms with Gasteiger partial charge in [0.25, 0.3) is 0 Å². The van der Waals surface area contributed by atoms with Gasteiger partial charge in [-0.2, -0.15) is 13.2 Å². The predicted octanol–water partition coefficient (Wildman–Crippen LogP) is 2.05. The molecule has 0 bridgehead atoms. The van der Waals surface area contributed by atoms with Crippen molar-refractivity contribution in [3.63, 3.8) is 0 Å². The van der Waals surface area contributed by atoms with E-state index in [-0.39, 0.29) is 10.0 Å². The van der Waals surface area contributed by atoms with E-state index in [0.717, 1.165) is 15.6 Å². The summed E-state index contributed by atoms with van der Waals surface area (Å²) in [7, 11) is -0.936. The molecule has 1 heterocycles. The number of nitrogens with zero attached hydrogens (tertiary/aromatic N) is 2. The summed E-state index contributed by atoms with van der Waals surface area (Å²) >= 11 is 0.758. The van der Waals surface area contributed by atoms with E-state index in [1.54, 1.807) is 5.32 Å². The molecule has 11 heteroatoms.